The Hall–Kier alpha value is -0.540. The fraction of sp³-hybridized carbons (Fsp3) is 0.833. The maximum Gasteiger partial charge on any atom is 0.112 e. The van der Waals surface area contributed by atoms with E-state index in [0.717, 1.165) is 44.8 Å². The van der Waals surface area contributed by atoms with Gasteiger partial charge in [-0.1, -0.05) is 6.92 Å². The molecule has 3 heteroatoms. The van der Waals surface area contributed by atoms with E-state index in [-0.39, 0.29) is 6.04 Å². The van der Waals surface area contributed by atoms with Crippen molar-refractivity contribution >= 4 is 0 Å². The fourth-order valence-corrected chi connectivity index (χ4v) is 2.23. The first-order chi connectivity index (χ1) is 7.42. The van der Waals surface area contributed by atoms with E-state index in [1.165, 1.54) is 6.42 Å². The number of ether oxygens (including phenoxy) is 2. The van der Waals surface area contributed by atoms with Crippen molar-refractivity contribution in [3.05, 3.63) is 11.8 Å². The zero-order valence-electron chi connectivity index (χ0n) is 9.50. The minimum absolute atomic E-state index is 0.287. The standard InChI is InChI=1S/C12H21NO2/c1-2-7-13-12(10-5-3-8-14-10)11-6-4-9-15-11/h5,11-13H,2-4,6-9H2,1H3. The van der Waals surface area contributed by atoms with Gasteiger partial charge in [-0.2, -0.15) is 0 Å². The average Bonchev–Trinajstić information content (AvgIpc) is 2.90. The Morgan fingerprint density at radius 3 is 3.07 bits per heavy atom. The highest BCUT2D eigenvalue weighted by atomic mass is 16.5. The van der Waals surface area contributed by atoms with Crippen LogP contribution in [0, 0.1) is 0 Å². The van der Waals surface area contributed by atoms with E-state index >= 15 is 0 Å². The first-order valence-corrected chi connectivity index (χ1v) is 6.09. The van der Waals surface area contributed by atoms with Gasteiger partial charge in [0.1, 0.15) is 5.76 Å². The molecule has 2 aliphatic heterocycles. The summed E-state index contributed by atoms with van der Waals surface area (Å²) >= 11 is 0. The highest BCUT2D eigenvalue weighted by Crippen LogP contribution is 2.24. The molecule has 0 amide bonds. The van der Waals surface area contributed by atoms with E-state index in [9.17, 15) is 0 Å². The quantitative estimate of drug-likeness (QED) is 0.752. The molecular weight excluding hydrogens is 190 g/mol. The number of rotatable bonds is 5. The highest BCUT2D eigenvalue weighted by Gasteiger charge is 2.30. The van der Waals surface area contributed by atoms with Crippen molar-refractivity contribution in [1.82, 2.24) is 5.32 Å². The molecule has 15 heavy (non-hydrogen) atoms. The van der Waals surface area contributed by atoms with Gasteiger partial charge in [-0.25, -0.2) is 0 Å². The molecular formula is C12H21NO2. The average molecular weight is 211 g/mol. The van der Waals surface area contributed by atoms with Gasteiger partial charge in [-0.3, -0.25) is 0 Å². The molecule has 1 fully saturated rings. The molecule has 86 valence electrons. The van der Waals surface area contributed by atoms with Crippen LogP contribution < -0.4 is 5.32 Å². The molecule has 0 spiro atoms. The maximum absolute atomic E-state index is 5.74. The normalized spacial score (nSPS) is 27.5. The van der Waals surface area contributed by atoms with Crippen LogP contribution in [0.5, 0.6) is 0 Å². The van der Waals surface area contributed by atoms with Gasteiger partial charge < -0.3 is 14.8 Å². The predicted molar refractivity (Wildman–Crippen MR) is 59.7 cm³/mol. The van der Waals surface area contributed by atoms with Crippen LogP contribution in [0.4, 0.5) is 0 Å². The second-order valence-corrected chi connectivity index (χ2v) is 4.23. The van der Waals surface area contributed by atoms with E-state index in [4.69, 9.17) is 9.47 Å². The van der Waals surface area contributed by atoms with Gasteiger partial charge in [0.15, 0.2) is 0 Å². The zero-order chi connectivity index (χ0) is 10.5. The number of nitrogens with one attached hydrogen (secondary N) is 1. The maximum atomic E-state index is 5.74. The molecule has 0 aliphatic carbocycles. The van der Waals surface area contributed by atoms with Crippen molar-refractivity contribution in [2.75, 3.05) is 19.8 Å². The summed E-state index contributed by atoms with van der Waals surface area (Å²) in [6.07, 6.45) is 7.06. The second-order valence-electron chi connectivity index (χ2n) is 4.23. The Bertz CT molecular complexity index is 222. The molecule has 0 saturated carbocycles. The smallest absolute Gasteiger partial charge is 0.112 e. The van der Waals surface area contributed by atoms with Crippen LogP contribution in [0.2, 0.25) is 0 Å². The van der Waals surface area contributed by atoms with Crippen LogP contribution in [0.15, 0.2) is 11.8 Å². The summed E-state index contributed by atoms with van der Waals surface area (Å²) in [4.78, 5) is 0. The van der Waals surface area contributed by atoms with Crippen molar-refractivity contribution in [1.29, 1.82) is 0 Å². The molecule has 2 heterocycles. The second kappa shape index (κ2) is 5.52. The van der Waals surface area contributed by atoms with Crippen LogP contribution in [-0.4, -0.2) is 31.9 Å². The lowest BCUT2D eigenvalue weighted by Gasteiger charge is -2.24. The van der Waals surface area contributed by atoms with E-state index in [1.807, 2.05) is 0 Å². The molecule has 1 N–H and O–H groups in total. The summed E-state index contributed by atoms with van der Waals surface area (Å²) in [6.45, 7) is 4.96. The van der Waals surface area contributed by atoms with Gasteiger partial charge >= 0.3 is 0 Å². The minimum atomic E-state index is 0.287. The van der Waals surface area contributed by atoms with Crippen molar-refractivity contribution in [3.8, 4) is 0 Å². The summed E-state index contributed by atoms with van der Waals surface area (Å²) < 4.78 is 11.4. The number of hydrogen-bond donors (Lipinski definition) is 1. The lowest BCUT2D eigenvalue weighted by molar-refractivity contribution is 0.0678. The number of hydrogen-bond acceptors (Lipinski definition) is 3. The summed E-state index contributed by atoms with van der Waals surface area (Å²) in [5, 5.41) is 3.54. The summed E-state index contributed by atoms with van der Waals surface area (Å²) in [6, 6.07) is 0.287. The molecule has 2 unspecified atom stereocenters. The van der Waals surface area contributed by atoms with Crippen LogP contribution in [0.1, 0.15) is 32.6 Å². The molecule has 0 bridgehead atoms. The van der Waals surface area contributed by atoms with E-state index in [1.54, 1.807) is 0 Å². The summed E-state index contributed by atoms with van der Waals surface area (Å²) in [7, 11) is 0. The van der Waals surface area contributed by atoms with Gasteiger partial charge in [-0.15, -0.1) is 0 Å². The Labute approximate surface area is 91.8 Å². The molecule has 2 atom stereocenters. The SMILES string of the molecule is CCCNC(C1=CCCO1)C1CCCO1. The van der Waals surface area contributed by atoms with Crippen LogP contribution in [0.25, 0.3) is 0 Å². The topological polar surface area (TPSA) is 30.5 Å². The van der Waals surface area contributed by atoms with Crippen LogP contribution in [-0.2, 0) is 9.47 Å². The molecule has 2 rings (SSSR count). The van der Waals surface area contributed by atoms with Gasteiger partial charge in [0.05, 0.1) is 18.8 Å². The van der Waals surface area contributed by atoms with Gasteiger partial charge in [0.2, 0.25) is 0 Å². The lowest BCUT2D eigenvalue weighted by Crippen LogP contribution is -2.41. The van der Waals surface area contributed by atoms with Gasteiger partial charge in [0, 0.05) is 13.0 Å². The third-order valence-corrected chi connectivity index (χ3v) is 2.99. The molecule has 0 aromatic rings. The third kappa shape index (κ3) is 2.73. The largest absolute Gasteiger partial charge is 0.496 e. The van der Waals surface area contributed by atoms with Crippen LogP contribution >= 0.6 is 0 Å². The molecule has 3 nitrogen and oxygen atoms in total. The van der Waals surface area contributed by atoms with E-state index < -0.39 is 0 Å². The first-order valence-electron chi connectivity index (χ1n) is 6.09. The van der Waals surface area contributed by atoms with Crippen molar-refractivity contribution < 1.29 is 9.47 Å². The predicted octanol–water partition coefficient (Wildman–Crippen LogP) is 1.84. The highest BCUT2D eigenvalue weighted by molar-refractivity contribution is 5.10. The first kappa shape index (κ1) is 11.0. The van der Waals surface area contributed by atoms with Crippen molar-refractivity contribution in [3.63, 3.8) is 0 Å². The monoisotopic (exact) mass is 211 g/mol. The minimum Gasteiger partial charge on any atom is -0.496 e. The summed E-state index contributed by atoms with van der Waals surface area (Å²) in [5.41, 5.74) is 0. The van der Waals surface area contributed by atoms with Gasteiger partial charge in [-0.05, 0) is 31.9 Å². The van der Waals surface area contributed by atoms with Gasteiger partial charge in [0.25, 0.3) is 0 Å². The lowest BCUT2D eigenvalue weighted by atomic mass is 10.1. The molecule has 0 aromatic carbocycles. The molecule has 0 radical (unpaired) electrons. The molecule has 0 aromatic heterocycles. The van der Waals surface area contributed by atoms with Crippen molar-refractivity contribution in [2.45, 2.75) is 44.8 Å². The Morgan fingerprint density at radius 1 is 1.53 bits per heavy atom. The Morgan fingerprint density at radius 2 is 2.47 bits per heavy atom. The van der Waals surface area contributed by atoms with E-state index in [0.29, 0.717) is 6.10 Å². The Kier molecular flexibility index (Phi) is 4.03. The molecule has 2 aliphatic rings. The summed E-state index contributed by atoms with van der Waals surface area (Å²) in [5.74, 6) is 1.11. The van der Waals surface area contributed by atoms with E-state index in [2.05, 4.69) is 18.3 Å². The third-order valence-electron chi connectivity index (χ3n) is 2.99. The molecule has 1 saturated heterocycles. The fourth-order valence-electron chi connectivity index (χ4n) is 2.23. The Balaban J connectivity index is 1.94. The zero-order valence-corrected chi connectivity index (χ0v) is 9.50. The van der Waals surface area contributed by atoms with Crippen LogP contribution in [0.3, 0.4) is 0 Å². The van der Waals surface area contributed by atoms with Crippen molar-refractivity contribution in [2.24, 2.45) is 0 Å².